The van der Waals surface area contributed by atoms with Crippen LogP contribution in [0.5, 0.6) is 0 Å². The van der Waals surface area contributed by atoms with Gasteiger partial charge in [0.2, 0.25) is 5.91 Å². The summed E-state index contributed by atoms with van der Waals surface area (Å²) in [6.07, 6.45) is 5.70. The molecule has 8 heteroatoms. The topological polar surface area (TPSA) is 63.1 Å². The minimum atomic E-state index is -0.0496. The van der Waals surface area contributed by atoms with Crippen LogP contribution in [0.25, 0.3) is 5.69 Å². The number of nitrogens with zero attached hydrogens (tertiary/aromatic N) is 4. The molecule has 0 aliphatic carbocycles. The maximum atomic E-state index is 12.8. The van der Waals surface area contributed by atoms with Gasteiger partial charge in [0.25, 0.3) is 0 Å². The van der Waals surface area contributed by atoms with Crippen molar-refractivity contribution in [2.75, 3.05) is 18.0 Å². The van der Waals surface area contributed by atoms with Crippen LogP contribution in [0.3, 0.4) is 0 Å². The maximum Gasteiger partial charge on any atom is 0.224 e. The van der Waals surface area contributed by atoms with Gasteiger partial charge >= 0.3 is 0 Å². The first-order chi connectivity index (χ1) is 15.4. The van der Waals surface area contributed by atoms with Crippen LogP contribution in [-0.4, -0.2) is 33.8 Å². The van der Waals surface area contributed by atoms with Gasteiger partial charge in [-0.15, -0.1) is 0 Å². The fourth-order valence-corrected chi connectivity index (χ4v) is 4.68. The zero-order valence-corrected chi connectivity index (χ0v) is 19.9. The molecule has 6 nitrogen and oxygen atoms in total. The molecule has 3 heterocycles. The van der Waals surface area contributed by atoms with Crippen molar-refractivity contribution in [3.8, 4) is 5.69 Å². The molecule has 2 aromatic heterocycles. The molecule has 4 rings (SSSR count). The minimum Gasteiger partial charge on any atom is -0.356 e. The highest BCUT2D eigenvalue weighted by atomic mass is 35.5. The first-order valence-corrected chi connectivity index (χ1v) is 11.7. The molecule has 168 valence electrons. The molecule has 0 spiro atoms. The summed E-state index contributed by atoms with van der Waals surface area (Å²) in [5.74, 6) is 0.927. The van der Waals surface area contributed by atoms with Gasteiger partial charge < -0.3 is 10.2 Å². The molecule has 0 atom stereocenters. The number of rotatable bonds is 6. The molecule has 32 heavy (non-hydrogen) atoms. The van der Waals surface area contributed by atoms with Gasteiger partial charge in [-0.1, -0.05) is 29.3 Å². The predicted octanol–water partition coefficient (Wildman–Crippen LogP) is 5.04. The van der Waals surface area contributed by atoms with Crippen molar-refractivity contribution in [1.29, 1.82) is 0 Å². The van der Waals surface area contributed by atoms with Crippen LogP contribution >= 0.6 is 23.2 Å². The Labute approximate surface area is 198 Å². The fraction of sp³-hybridized carbons (Fsp3) is 0.375. The standard InChI is InChI=1S/C24H27Cl2N5O/c1-16-20(17(2)31(29-16)22-9-8-19(25)13-21(22)26)14-23(32)28-15-18-7-6-10-27-24(18)30-11-4-3-5-12-30/h6-10,13H,3-5,11-12,14-15H2,1-2H3,(H,28,32). The Morgan fingerprint density at radius 1 is 1.12 bits per heavy atom. The Morgan fingerprint density at radius 2 is 1.91 bits per heavy atom. The molecule has 0 bridgehead atoms. The van der Waals surface area contributed by atoms with Crippen molar-refractivity contribution in [3.05, 3.63) is 69.1 Å². The van der Waals surface area contributed by atoms with Crippen molar-refractivity contribution in [2.24, 2.45) is 0 Å². The molecule has 1 amide bonds. The normalized spacial score (nSPS) is 13.9. The first kappa shape index (κ1) is 22.6. The van der Waals surface area contributed by atoms with Crippen LogP contribution in [-0.2, 0) is 17.8 Å². The molecule has 1 fully saturated rings. The Bertz CT molecular complexity index is 1120. The van der Waals surface area contributed by atoms with Crippen LogP contribution in [0.15, 0.2) is 36.5 Å². The minimum absolute atomic E-state index is 0.0496. The lowest BCUT2D eigenvalue weighted by Gasteiger charge is -2.29. The summed E-state index contributed by atoms with van der Waals surface area (Å²) in [6.45, 7) is 6.34. The lowest BCUT2D eigenvalue weighted by molar-refractivity contribution is -0.120. The molecule has 1 aliphatic rings. The number of hydrogen-bond acceptors (Lipinski definition) is 4. The number of aryl methyl sites for hydroxylation is 1. The van der Waals surface area contributed by atoms with Crippen LogP contribution in [0.2, 0.25) is 10.0 Å². The smallest absolute Gasteiger partial charge is 0.224 e. The van der Waals surface area contributed by atoms with Crippen molar-refractivity contribution in [2.45, 2.75) is 46.1 Å². The van der Waals surface area contributed by atoms with E-state index in [4.69, 9.17) is 23.2 Å². The number of piperidine rings is 1. The number of amides is 1. The van der Waals surface area contributed by atoms with Gasteiger partial charge in [0.15, 0.2) is 0 Å². The Kier molecular flexibility index (Phi) is 7.01. The van der Waals surface area contributed by atoms with E-state index in [0.29, 0.717) is 16.6 Å². The number of pyridine rings is 1. The summed E-state index contributed by atoms with van der Waals surface area (Å²) in [5.41, 5.74) is 4.37. The zero-order chi connectivity index (χ0) is 22.7. The quantitative estimate of drug-likeness (QED) is 0.546. The van der Waals surface area contributed by atoms with Crippen molar-refractivity contribution in [3.63, 3.8) is 0 Å². The highest BCUT2D eigenvalue weighted by Crippen LogP contribution is 2.27. The van der Waals surface area contributed by atoms with E-state index in [1.54, 1.807) is 16.8 Å². The number of carbonyl (C=O) groups excluding carboxylic acids is 1. The van der Waals surface area contributed by atoms with Crippen molar-refractivity contribution < 1.29 is 4.79 Å². The summed E-state index contributed by atoms with van der Waals surface area (Å²) < 4.78 is 1.77. The third-order valence-corrected chi connectivity index (χ3v) is 6.45. The lowest BCUT2D eigenvalue weighted by atomic mass is 10.1. The first-order valence-electron chi connectivity index (χ1n) is 10.9. The SMILES string of the molecule is Cc1nn(-c2ccc(Cl)cc2Cl)c(C)c1CC(=O)NCc1cccnc1N1CCCCC1. The Balaban J connectivity index is 1.46. The van der Waals surface area contributed by atoms with E-state index in [2.05, 4.69) is 20.3 Å². The maximum absolute atomic E-state index is 12.8. The van der Waals surface area contributed by atoms with E-state index in [1.165, 1.54) is 19.3 Å². The molecule has 3 aromatic rings. The summed E-state index contributed by atoms with van der Waals surface area (Å²) in [5, 5.41) is 8.76. The molecule has 1 N–H and O–H groups in total. The lowest BCUT2D eigenvalue weighted by Crippen LogP contribution is -2.32. The van der Waals surface area contributed by atoms with Gasteiger partial charge in [-0.2, -0.15) is 5.10 Å². The number of halogens is 2. The number of nitrogens with one attached hydrogen (secondary N) is 1. The molecular weight excluding hydrogens is 445 g/mol. The van der Waals surface area contributed by atoms with Crippen LogP contribution in [0.1, 0.15) is 41.8 Å². The molecule has 0 unspecified atom stereocenters. The average Bonchev–Trinajstić information content (AvgIpc) is 3.06. The third-order valence-electron chi connectivity index (χ3n) is 5.92. The van der Waals surface area contributed by atoms with Gasteiger partial charge in [-0.05, 0) is 57.4 Å². The molecule has 1 aliphatic heterocycles. The number of benzene rings is 1. The second-order valence-electron chi connectivity index (χ2n) is 8.14. The van der Waals surface area contributed by atoms with Gasteiger partial charge in [0.1, 0.15) is 5.82 Å². The Hall–Kier alpha value is -2.57. The summed E-state index contributed by atoms with van der Waals surface area (Å²) >= 11 is 12.4. The van der Waals surface area contributed by atoms with E-state index in [-0.39, 0.29) is 12.3 Å². The second-order valence-corrected chi connectivity index (χ2v) is 8.99. The predicted molar refractivity (Wildman–Crippen MR) is 129 cm³/mol. The highest BCUT2D eigenvalue weighted by molar-refractivity contribution is 6.35. The van der Waals surface area contributed by atoms with Gasteiger partial charge in [0.05, 0.1) is 22.8 Å². The largest absolute Gasteiger partial charge is 0.356 e. The van der Waals surface area contributed by atoms with E-state index in [1.807, 2.05) is 38.2 Å². The monoisotopic (exact) mass is 471 g/mol. The molecular formula is C24H27Cl2N5O. The fourth-order valence-electron chi connectivity index (χ4n) is 4.19. The number of carbonyl (C=O) groups is 1. The number of anilines is 1. The summed E-state index contributed by atoms with van der Waals surface area (Å²) in [6, 6.07) is 9.25. The Morgan fingerprint density at radius 3 is 2.66 bits per heavy atom. The zero-order valence-electron chi connectivity index (χ0n) is 18.4. The van der Waals surface area contributed by atoms with Crippen molar-refractivity contribution >= 4 is 34.9 Å². The van der Waals surface area contributed by atoms with Crippen LogP contribution in [0.4, 0.5) is 5.82 Å². The van der Waals surface area contributed by atoms with Gasteiger partial charge in [0, 0.05) is 47.7 Å². The van der Waals surface area contributed by atoms with Gasteiger partial charge in [-0.3, -0.25) is 4.79 Å². The van der Waals surface area contributed by atoms with Crippen LogP contribution in [0, 0.1) is 13.8 Å². The van der Waals surface area contributed by atoms with E-state index >= 15 is 0 Å². The third kappa shape index (κ3) is 4.92. The number of aromatic nitrogens is 3. The van der Waals surface area contributed by atoms with Gasteiger partial charge in [-0.25, -0.2) is 9.67 Å². The number of hydrogen-bond donors (Lipinski definition) is 1. The van der Waals surface area contributed by atoms with Crippen molar-refractivity contribution in [1.82, 2.24) is 20.1 Å². The molecule has 0 radical (unpaired) electrons. The average molecular weight is 472 g/mol. The van der Waals surface area contributed by atoms with E-state index in [9.17, 15) is 4.79 Å². The highest BCUT2D eigenvalue weighted by Gasteiger charge is 2.19. The molecule has 1 saturated heterocycles. The van der Waals surface area contributed by atoms with E-state index < -0.39 is 0 Å². The molecule has 1 aromatic carbocycles. The second kappa shape index (κ2) is 9.92. The van der Waals surface area contributed by atoms with Crippen LogP contribution < -0.4 is 10.2 Å². The summed E-state index contributed by atoms with van der Waals surface area (Å²) in [4.78, 5) is 19.7. The summed E-state index contributed by atoms with van der Waals surface area (Å²) in [7, 11) is 0. The van der Waals surface area contributed by atoms with E-state index in [0.717, 1.165) is 47.1 Å². The molecule has 0 saturated carbocycles.